The lowest BCUT2D eigenvalue weighted by Gasteiger charge is -2.12. The molecule has 1 amide bonds. The third kappa shape index (κ3) is 4.18. The Bertz CT molecular complexity index is 898. The van der Waals surface area contributed by atoms with E-state index < -0.39 is 39.1 Å². The Balaban J connectivity index is 2.10. The third-order valence-corrected chi connectivity index (χ3v) is 5.21. The number of carbonyl (C=O) groups excluding carboxylic acids is 1. The van der Waals surface area contributed by atoms with E-state index in [1.165, 1.54) is 38.4 Å². The zero-order chi connectivity index (χ0) is 18.8. The van der Waals surface area contributed by atoms with E-state index in [9.17, 15) is 26.4 Å². The number of sulfonamides is 1. The van der Waals surface area contributed by atoms with Crippen LogP contribution >= 0.6 is 0 Å². The number of carbonyl (C=O) groups is 1. The molecule has 9 heteroatoms. The summed E-state index contributed by atoms with van der Waals surface area (Å²) in [6.07, 6.45) is -0.194. The van der Waals surface area contributed by atoms with Gasteiger partial charge in [0.05, 0.1) is 17.0 Å². The number of anilines is 1. The van der Waals surface area contributed by atoms with Crippen molar-refractivity contribution >= 4 is 21.6 Å². The first kappa shape index (κ1) is 18.9. The maximum absolute atomic E-state index is 13.5. The highest BCUT2D eigenvalue weighted by molar-refractivity contribution is 7.89. The molecule has 2 aromatic rings. The first-order valence-electron chi connectivity index (χ1n) is 7.07. The molecule has 0 saturated heterocycles. The van der Waals surface area contributed by atoms with Gasteiger partial charge in [-0.3, -0.25) is 4.79 Å². The van der Waals surface area contributed by atoms with Crippen LogP contribution in [0.15, 0.2) is 41.3 Å². The van der Waals surface area contributed by atoms with Crippen LogP contribution in [0.4, 0.5) is 18.9 Å². The van der Waals surface area contributed by atoms with E-state index in [2.05, 4.69) is 5.32 Å². The zero-order valence-electron chi connectivity index (χ0n) is 13.4. The highest BCUT2D eigenvalue weighted by Gasteiger charge is 2.18. The summed E-state index contributed by atoms with van der Waals surface area (Å²) < 4.78 is 64.4. The summed E-state index contributed by atoms with van der Waals surface area (Å²) >= 11 is 0. The maximum atomic E-state index is 13.5. The number of nitrogens with zero attached hydrogens (tertiary/aromatic N) is 1. The quantitative estimate of drug-likeness (QED) is 0.821. The van der Waals surface area contributed by atoms with Crippen LogP contribution in [0, 0.1) is 17.5 Å². The van der Waals surface area contributed by atoms with Gasteiger partial charge in [0, 0.05) is 14.1 Å². The molecule has 0 saturated carbocycles. The molecule has 0 fully saturated rings. The minimum atomic E-state index is -3.58. The van der Waals surface area contributed by atoms with E-state index in [4.69, 9.17) is 0 Å². The van der Waals surface area contributed by atoms with Gasteiger partial charge < -0.3 is 5.32 Å². The molecule has 0 bridgehead atoms. The van der Waals surface area contributed by atoms with Gasteiger partial charge >= 0.3 is 0 Å². The first-order chi connectivity index (χ1) is 11.6. The van der Waals surface area contributed by atoms with Crippen molar-refractivity contribution in [2.24, 2.45) is 0 Å². The fourth-order valence-corrected chi connectivity index (χ4v) is 2.89. The highest BCUT2D eigenvalue weighted by atomic mass is 32.2. The van der Waals surface area contributed by atoms with E-state index in [1.54, 1.807) is 0 Å². The SMILES string of the molecule is CN(C)S(=O)(=O)c1ccc(CC(=O)Nc2ccc(F)c(F)c2F)cc1. The molecule has 2 aromatic carbocycles. The molecule has 0 spiro atoms. The lowest BCUT2D eigenvalue weighted by atomic mass is 10.1. The van der Waals surface area contributed by atoms with Crippen LogP contribution in [0.3, 0.4) is 0 Å². The fraction of sp³-hybridized carbons (Fsp3) is 0.188. The average Bonchev–Trinajstić information content (AvgIpc) is 2.56. The van der Waals surface area contributed by atoms with Gasteiger partial charge in [0.15, 0.2) is 17.5 Å². The van der Waals surface area contributed by atoms with Gasteiger partial charge in [0.1, 0.15) is 0 Å². The molecule has 0 unspecified atom stereocenters. The molecular weight excluding hydrogens is 357 g/mol. The second kappa shape index (κ2) is 7.24. The van der Waals surface area contributed by atoms with Gasteiger partial charge in [-0.25, -0.2) is 25.9 Å². The predicted octanol–water partition coefficient (Wildman–Crippen LogP) is 2.54. The molecule has 0 aliphatic rings. The van der Waals surface area contributed by atoms with Crippen LogP contribution in [-0.2, 0) is 21.2 Å². The first-order valence-corrected chi connectivity index (χ1v) is 8.51. The van der Waals surface area contributed by atoms with Crippen molar-refractivity contribution in [2.45, 2.75) is 11.3 Å². The van der Waals surface area contributed by atoms with Crippen molar-refractivity contribution in [3.63, 3.8) is 0 Å². The summed E-state index contributed by atoms with van der Waals surface area (Å²) in [4.78, 5) is 12.0. The number of halogens is 3. The summed E-state index contributed by atoms with van der Waals surface area (Å²) in [7, 11) is -0.787. The summed E-state index contributed by atoms with van der Waals surface area (Å²) in [6.45, 7) is 0. The number of benzene rings is 2. The van der Waals surface area contributed by atoms with Crippen molar-refractivity contribution in [1.82, 2.24) is 4.31 Å². The second-order valence-electron chi connectivity index (χ2n) is 5.38. The van der Waals surface area contributed by atoms with Crippen LogP contribution in [0.1, 0.15) is 5.56 Å². The monoisotopic (exact) mass is 372 g/mol. The van der Waals surface area contributed by atoms with Gasteiger partial charge in [-0.05, 0) is 29.8 Å². The molecule has 0 aliphatic heterocycles. The Hall–Kier alpha value is -2.39. The molecule has 25 heavy (non-hydrogen) atoms. The van der Waals surface area contributed by atoms with Crippen LogP contribution < -0.4 is 5.32 Å². The molecule has 0 heterocycles. The topological polar surface area (TPSA) is 66.5 Å². The number of nitrogens with one attached hydrogen (secondary N) is 1. The van der Waals surface area contributed by atoms with E-state index in [0.717, 1.165) is 10.4 Å². The van der Waals surface area contributed by atoms with Crippen molar-refractivity contribution in [1.29, 1.82) is 0 Å². The minimum absolute atomic E-state index is 0.0632. The van der Waals surface area contributed by atoms with E-state index in [1.807, 2.05) is 0 Å². The standard InChI is InChI=1S/C16H15F3N2O3S/c1-21(2)25(23,24)11-5-3-10(4-6-11)9-14(22)20-13-8-7-12(17)15(18)16(13)19/h3-8H,9H2,1-2H3,(H,20,22). The minimum Gasteiger partial charge on any atom is -0.323 e. The van der Waals surface area contributed by atoms with E-state index in [-0.39, 0.29) is 11.3 Å². The van der Waals surface area contributed by atoms with Crippen molar-refractivity contribution in [2.75, 3.05) is 19.4 Å². The summed E-state index contributed by atoms with van der Waals surface area (Å²) in [5, 5.41) is 2.14. The molecule has 0 radical (unpaired) electrons. The van der Waals surface area contributed by atoms with Crippen LogP contribution in [0.25, 0.3) is 0 Å². The van der Waals surface area contributed by atoms with Gasteiger partial charge in [-0.2, -0.15) is 0 Å². The number of hydrogen-bond acceptors (Lipinski definition) is 3. The molecule has 134 valence electrons. The van der Waals surface area contributed by atoms with Crippen molar-refractivity contribution in [3.05, 3.63) is 59.4 Å². The van der Waals surface area contributed by atoms with Gasteiger partial charge in [0.2, 0.25) is 15.9 Å². The molecule has 5 nitrogen and oxygen atoms in total. The van der Waals surface area contributed by atoms with E-state index in [0.29, 0.717) is 11.6 Å². The van der Waals surface area contributed by atoms with E-state index >= 15 is 0 Å². The highest BCUT2D eigenvalue weighted by Crippen LogP contribution is 2.20. The Kier molecular flexibility index (Phi) is 5.48. The second-order valence-corrected chi connectivity index (χ2v) is 7.53. The van der Waals surface area contributed by atoms with Gasteiger partial charge in [-0.1, -0.05) is 12.1 Å². The fourth-order valence-electron chi connectivity index (χ4n) is 1.99. The molecule has 0 atom stereocenters. The largest absolute Gasteiger partial charge is 0.323 e. The number of hydrogen-bond donors (Lipinski definition) is 1. The molecular formula is C16H15F3N2O3S. The molecule has 2 rings (SSSR count). The smallest absolute Gasteiger partial charge is 0.242 e. The van der Waals surface area contributed by atoms with Gasteiger partial charge in [0.25, 0.3) is 0 Å². The summed E-state index contributed by atoms with van der Waals surface area (Å²) in [5.74, 6) is -5.17. The lowest BCUT2D eigenvalue weighted by molar-refractivity contribution is -0.115. The number of rotatable bonds is 5. The Morgan fingerprint density at radius 2 is 1.60 bits per heavy atom. The lowest BCUT2D eigenvalue weighted by Crippen LogP contribution is -2.22. The van der Waals surface area contributed by atoms with Crippen molar-refractivity contribution in [3.8, 4) is 0 Å². The Morgan fingerprint density at radius 1 is 1.00 bits per heavy atom. The average molecular weight is 372 g/mol. The molecule has 0 aliphatic carbocycles. The zero-order valence-corrected chi connectivity index (χ0v) is 14.2. The number of amides is 1. The van der Waals surface area contributed by atoms with Gasteiger partial charge in [-0.15, -0.1) is 0 Å². The van der Waals surface area contributed by atoms with Crippen LogP contribution in [0.5, 0.6) is 0 Å². The Labute approximate surface area is 143 Å². The molecule has 1 N–H and O–H groups in total. The Morgan fingerprint density at radius 3 is 2.16 bits per heavy atom. The third-order valence-electron chi connectivity index (χ3n) is 3.38. The maximum Gasteiger partial charge on any atom is 0.242 e. The summed E-state index contributed by atoms with van der Waals surface area (Å²) in [6, 6.07) is 7.19. The predicted molar refractivity (Wildman–Crippen MR) is 86.0 cm³/mol. The summed E-state index contributed by atoms with van der Waals surface area (Å²) in [5.41, 5.74) is -0.00564. The van der Waals surface area contributed by atoms with Crippen molar-refractivity contribution < 1.29 is 26.4 Å². The normalized spacial score (nSPS) is 11.6. The molecule has 0 aromatic heterocycles. The van der Waals surface area contributed by atoms with Crippen LogP contribution in [0.2, 0.25) is 0 Å². The van der Waals surface area contributed by atoms with Crippen LogP contribution in [-0.4, -0.2) is 32.7 Å².